The summed E-state index contributed by atoms with van der Waals surface area (Å²) in [6.45, 7) is 0. The Morgan fingerprint density at radius 3 is 1.67 bits per heavy atom. The number of rotatable bonds is 4. The van der Waals surface area contributed by atoms with Crippen LogP contribution >= 0.6 is 0 Å². The van der Waals surface area contributed by atoms with Crippen molar-refractivity contribution in [3.63, 3.8) is 0 Å². The fourth-order valence-corrected chi connectivity index (χ4v) is 2.15. The van der Waals surface area contributed by atoms with Crippen LogP contribution in [0.4, 0.5) is 13.2 Å². The van der Waals surface area contributed by atoms with Crippen molar-refractivity contribution in [2.45, 2.75) is 6.18 Å². The first kappa shape index (κ1) is 15.9. The lowest BCUT2D eigenvalue weighted by molar-refractivity contribution is -0.138. The molecule has 2 nitrogen and oxygen atoms in total. The second-order valence-electron chi connectivity index (χ2n) is 4.96. The molecule has 0 bridgehead atoms. The maximum Gasteiger partial charge on any atom is 0.420 e. The van der Waals surface area contributed by atoms with Crippen molar-refractivity contribution in [1.29, 1.82) is 0 Å². The van der Waals surface area contributed by atoms with Gasteiger partial charge in [0.15, 0.2) is 11.5 Å². The zero-order valence-corrected chi connectivity index (χ0v) is 12.5. The zero-order valence-electron chi connectivity index (χ0n) is 12.5. The van der Waals surface area contributed by atoms with Crippen LogP contribution in [0.15, 0.2) is 78.9 Å². The summed E-state index contributed by atoms with van der Waals surface area (Å²) in [6.07, 6.45) is -4.56. The highest BCUT2D eigenvalue weighted by Crippen LogP contribution is 2.44. The highest BCUT2D eigenvalue weighted by atomic mass is 19.4. The van der Waals surface area contributed by atoms with Gasteiger partial charge < -0.3 is 9.47 Å². The maximum absolute atomic E-state index is 13.3. The average Bonchev–Trinajstić information content (AvgIpc) is 2.57. The standard InChI is InChI=1S/C19H13F3O2/c20-19(21,22)16-12-7-13-17(23-14-8-3-1-4-9-14)18(16)24-15-10-5-2-6-11-15/h1-13H. The fourth-order valence-electron chi connectivity index (χ4n) is 2.15. The molecule has 0 unspecified atom stereocenters. The van der Waals surface area contributed by atoms with Crippen LogP contribution in [0, 0.1) is 0 Å². The lowest BCUT2D eigenvalue weighted by Gasteiger charge is -2.17. The van der Waals surface area contributed by atoms with Crippen LogP contribution in [0.5, 0.6) is 23.0 Å². The highest BCUT2D eigenvalue weighted by molar-refractivity contribution is 5.51. The first-order chi connectivity index (χ1) is 11.5. The van der Waals surface area contributed by atoms with Crippen molar-refractivity contribution >= 4 is 0 Å². The van der Waals surface area contributed by atoms with Gasteiger partial charge in [0.2, 0.25) is 0 Å². The van der Waals surface area contributed by atoms with Crippen molar-refractivity contribution in [3.8, 4) is 23.0 Å². The Hall–Kier alpha value is -2.95. The Balaban J connectivity index is 2.04. The van der Waals surface area contributed by atoms with Gasteiger partial charge in [0, 0.05) is 0 Å². The molecule has 24 heavy (non-hydrogen) atoms. The van der Waals surface area contributed by atoms with E-state index < -0.39 is 11.7 Å². The highest BCUT2D eigenvalue weighted by Gasteiger charge is 2.36. The van der Waals surface area contributed by atoms with Gasteiger partial charge in [-0.15, -0.1) is 0 Å². The van der Waals surface area contributed by atoms with Crippen molar-refractivity contribution in [2.24, 2.45) is 0 Å². The van der Waals surface area contributed by atoms with Crippen molar-refractivity contribution in [1.82, 2.24) is 0 Å². The third kappa shape index (κ3) is 3.68. The van der Waals surface area contributed by atoms with Crippen LogP contribution in [0.2, 0.25) is 0 Å². The minimum Gasteiger partial charge on any atom is -0.453 e. The summed E-state index contributed by atoms with van der Waals surface area (Å²) in [5, 5.41) is 0. The van der Waals surface area contributed by atoms with E-state index >= 15 is 0 Å². The van der Waals surface area contributed by atoms with Gasteiger partial charge in [-0.2, -0.15) is 13.2 Å². The van der Waals surface area contributed by atoms with Crippen LogP contribution in [0.25, 0.3) is 0 Å². The molecule has 0 aromatic heterocycles. The largest absolute Gasteiger partial charge is 0.453 e. The Kier molecular flexibility index (Phi) is 4.42. The Morgan fingerprint density at radius 1 is 0.583 bits per heavy atom. The molecule has 3 rings (SSSR count). The number of para-hydroxylation sites is 3. The van der Waals surface area contributed by atoms with E-state index in [2.05, 4.69) is 0 Å². The predicted molar refractivity (Wildman–Crippen MR) is 84.5 cm³/mol. The van der Waals surface area contributed by atoms with E-state index in [0.29, 0.717) is 11.5 Å². The lowest BCUT2D eigenvalue weighted by atomic mass is 10.1. The molecule has 0 aliphatic carbocycles. The second-order valence-corrected chi connectivity index (χ2v) is 4.96. The molecule has 0 N–H and O–H groups in total. The van der Waals surface area contributed by atoms with Crippen LogP contribution < -0.4 is 9.47 Å². The Labute approximate surface area is 137 Å². The topological polar surface area (TPSA) is 18.5 Å². The predicted octanol–water partition coefficient (Wildman–Crippen LogP) is 6.29. The molecule has 0 radical (unpaired) electrons. The van der Waals surface area contributed by atoms with Gasteiger partial charge in [-0.1, -0.05) is 42.5 Å². The fraction of sp³-hybridized carbons (Fsp3) is 0.0526. The summed E-state index contributed by atoms with van der Waals surface area (Å²) < 4.78 is 51.1. The molecule has 3 aromatic rings. The smallest absolute Gasteiger partial charge is 0.420 e. The molecule has 122 valence electrons. The van der Waals surface area contributed by atoms with Crippen LogP contribution in [-0.2, 0) is 6.18 Å². The molecule has 0 aliphatic rings. The summed E-state index contributed by atoms with van der Waals surface area (Å²) in [7, 11) is 0. The maximum atomic E-state index is 13.3. The van der Waals surface area contributed by atoms with Gasteiger partial charge >= 0.3 is 6.18 Å². The number of ether oxygens (including phenoxy) is 2. The van der Waals surface area contributed by atoms with Crippen molar-refractivity contribution in [3.05, 3.63) is 84.4 Å². The number of benzene rings is 3. The summed E-state index contributed by atoms with van der Waals surface area (Å²) in [6, 6.07) is 20.6. The molecule has 3 aromatic carbocycles. The van der Waals surface area contributed by atoms with E-state index in [1.165, 1.54) is 12.1 Å². The third-order valence-electron chi connectivity index (χ3n) is 3.22. The molecule has 0 saturated heterocycles. The summed E-state index contributed by atoms with van der Waals surface area (Å²) in [5.74, 6) is 0.363. The van der Waals surface area contributed by atoms with Gasteiger partial charge in [-0.25, -0.2) is 0 Å². The number of hydrogen-bond acceptors (Lipinski definition) is 2. The molecule has 0 heterocycles. The lowest BCUT2D eigenvalue weighted by Crippen LogP contribution is -2.08. The SMILES string of the molecule is FC(F)(F)c1cccc(Oc2ccccc2)c1Oc1ccccc1. The van der Waals surface area contributed by atoms with Crippen LogP contribution in [0.3, 0.4) is 0 Å². The second kappa shape index (κ2) is 6.66. The Bertz CT molecular complexity index is 800. The monoisotopic (exact) mass is 330 g/mol. The zero-order chi connectivity index (χ0) is 17.0. The number of hydrogen-bond donors (Lipinski definition) is 0. The quantitative estimate of drug-likeness (QED) is 0.559. The van der Waals surface area contributed by atoms with Gasteiger partial charge in [0.25, 0.3) is 0 Å². The summed E-state index contributed by atoms with van der Waals surface area (Å²) in [5.41, 5.74) is -0.889. The van der Waals surface area contributed by atoms with Gasteiger partial charge in [0.05, 0.1) is 0 Å². The molecule has 0 saturated carbocycles. The van der Waals surface area contributed by atoms with E-state index in [4.69, 9.17) is 9.47 Å². The molecular formula is C19H13F3O2. The third-order valence-corrected chi connectivity index (χ3v) is 3.22. The first-order valence-corrected chi connectivity index (χ1v) is 7.20. The van der Waals surface area contributed by atoms with E-state index in [-0.39, 0.29) is 11.5 Å². The van der Waals surface area contributed by atoms with E-state index in [9.17, 15) is 13.2 Å². The number of halogens is 3. The van der Waals surface area contributed by atoms with E-state index in [0.717, 1.165) is 6.07 Å². The molecule has 0 atom stereocenters. The summed E-state index contributed by atoms with van der Waals surface area (Å²) >= 11 is 0. The first-order valence-electron chi connectivity index (χ1n) is 7.20. The molecule has 0 amide bonds. The van der Waals surface area contributed by atoms with E-state index in [1.54, 1.807) is 60.7 Å². The van der Waals surface area contributed by atoms with Crippen molar-refractivity contribution < 1.29 is 22.6 Å². The molecule has 0 aliphatic heterocycles. The van der Waals surface area contributed by atoms with Gasteiger partial charge in [-0.05, 0) is 36.4 Å². The Morgan fingerprint density at radius 2 is 1.12 bits per heavy atom. The van der Waals surface area contributed by atoms with E-state index in [1.807, 2.05) is 0 Å². The van der Waals surface area contributed by atoms with Crippen LogP contribution in [-0.4, -0.2) is 0 Å². The van der Waals surface area contributed by atoms with Crippen LogP contribution in [0.1, 0.15) is 5.56 Å². The molecular weight excluding hydrogens is 317 g/mol. The minimum atomic E-state index is -4.56. The molecule has 5 heteroatoms. The van der Waals surface area contributed by atoms with Gasteiger partial charge in [-0.3, -0.25) is 0 Å². The average molecular weight is 330 g/mol. The molecule has 0 fully saturated rings. The molecule has 0 spiro atoms. The number of alkyl halides is 3. The summed E-state index contributed by atoms with van der Waals surface area (Å²) in [4.78, 5) is 0. The minimum absolute atomic E-state index is 0.000113. The van der Waals surface area contributed by atoms with Crippen molar-refractivity contribution in [2.75, 3.05) is 0 Å². The van der Waals surface area contributed by atoms with Gasteiger partial charge in [0.1, 0.15) is 17.1 Å². The normalized spacial score (nSPS) is 11.1.